The molecule has 1 heterocycles. The number of piperidine rings is 1. The molecule has 7 nitrogen and oxygen atoms in total. The molecular weight excluding hydrogens is 571 g/mol. The van der Waals surface area contributed by atoms with Gasteiger partial charge in [-0.1, -0.05) is 54.4 Å². The molecule has 2 aliphatic carbocycles. The average molecular weight is 610 g/mol. The van der Waals surface area contributed by atoms with Gasteiger partial charge in [0.2, 0.25) is 15.9 Å². The van der Waals surface area contributed by atoms with Crippen LogP contribution in [0.2, 0.25) is 10.0 Å². The summed E-state index contributed by atoms with van der Waals surface area (Å²) in [5.74, 6) is -0.135. The second-order valence-corrected chi connectivity index (χ2v) is 14.7. The van der Waals surface area contributed by atoms with Crippen LogP contribution in [0.3, 0.4) is 0 Å². The molecule has 1 amide bonds. The van der Waals surface area contributed by atoms with E-state index in [1.165, 1.54) is 0 Å². The molecule has 40 heavy (non-hydrogen) atoms. The molecule has 3 N–H and O–H groups in total. The number of likely N-dealkylation sites (tertiary alicyclic amines) is 1. The molecule has 2 saturated carbocycles. The van der Waals surface area contributed by atoms with Gasteiger partial charge >= 0.3 is 0 Å². The van der Waals surface area contributed by atoms with Crippen LogP contribution in [-0.2, 0) is 14.8 Å². The van der Waals surface area contributed by atoms with Crippen LogP contribution in [0, 0.1) is 11.3 Å². The zero-order valence-electron chi connectivity index (χ0n) is 22.7. The maximum Gasteiger partial charge on any atom is 0.229 e. The first-order valence-corrected chi connectivity index (χ1v) is 16.5. The number of aliphatic hydroxyl groups is 2. The predicted molar refractivity (Wildman–Crippen MR) is 157 cm³/mol. The van der Waals surface area contributed by atoms with Crippen molar-refractivity contribution in [2.75, 3.05) is 13.2 Å². The lowest BCUT2D eigenvalue weighted by Gasteiger charge is -2.53. The smallest absolute Gasteiger partial charge is 0.229 e. The van der Waals surface area contributed by atoms with Crippen molar-refractivity contribution in [1.29, 1.82) is 0 Å². The average Bonchev–Trinajstić information content (AvgIpc) is 3.84. The molecule has 3 fully saturated rings. The van der Waals surface area contributed by atoms with Gasteiger partial charge in [0.25, 0.3) is 0 Å². The molecule has 2 aromatic carbocycles. The highest BCUT2D eigenvalue weighted by molar-refractivity contribution is 7.90. The molecule has 0 bridgehead atoms. The van der Waals surface area contributed by atoms with E-state index >= 15 is 0 Å². The van der Waals surface area contributed by atoms with Crippen LogP contribution < -0.4 is 4.72 Å². The fourth-order valence-corrected chi connectivity index (χ4v) is 8.18. The van der Waals surface area contributed by atoms with Crippen LogP contribution in [-0.4, -0.2) is 60.0 Å². The number of sulfonamides is 1. The van der Waals surface area contributed by atoms with Crippen LogP contribution in [0.5, 0.6) is 0 Å². The standard InChI is InChI=1S/C30H38Cl2N2O5S/c1-2-30(15-24(36)18-35)16-26(21-4-3-5-23(32)14-21)28(20-8-10-22(31)11-9-20)34(29(30)37)27(19-6-7-19)17-33-40(38,39)25-12-13-25/h3-5,8-11,14,19,24-28,33,35-36H,2,6-7,12-13,15-18H2,1H3/t24?,26-,27+,28-,30+/m1/s1. The molecule has 1 aliphatic heterocycles. The molecule has 0 aromatic heterocycles. The molecule has 3 aliphatic rings. The molecule has 1 unspecified atom stereocenters. The van der Waals surface area contributed by atoms with E-state index in [2.05, 4.69) is 4.72 Å². The number of aliphatic hydroxyl groups excluding tert-OH is 2. The van der Waals surface area contributed by atoms with E-state index in [0.29, 0.717) is 35.7 Å². The summed E-state index contributed by atoms with van der Waals surface area (Å²) in [5, 5.41) is 21.2. The lowest BCUT2D eigenvalue weighted by Crippen LogP contribution is -2.60. The second-order valence-electron chi connectivity index (χ2n) is 11.7. The van der Waals surface area contributed by atoms with Gasteiger partial charge in [0, 0.05) is 28.5 Å². The maximum absolute atomic E-state index is 14.8. The largest absolute Gasteiger partial charge is 0.394 e. The number of carbonyl (C=O) groups excluding carboxylic acids is 1. The van der Waals surface area contributed by atoms with E-state index in [9.17, 15) is 23.4 Å². The Bertz CT molecular complexity index is 1320. The Kier molecular flexibility index (Phi) is 8.87. The number of nitrogens with one attached hydrogen (secondary N) is 1. The van der Waals surface area contributed by atoms with E-state index in [0.717, 1.165) is 24.0 Å². The quantitative estimate of drug-likeness (QED) is 0.312. The topological polar surface area (TPSA) is 107 Å². The molecule has 1 saturated heterocycles. The van der Waals surface area contributed by atoms with Crippen molar-refractivity contribution in [2.24, 2.45) is 11.3 Å². The highest BCUT2D eigenvalue weighted by Gasteiger charge is 2.55. The fraction of sp³-hybridized carbons (Fsp3) is 0.567. The van der Waals surface area contributed by atoms with Crippen LogP contribution >= 0.6 is 23.2 Å². The van der Waals surface area contributed by atoms with E-state index < -0.39 is 34.2 Å². The Morgan fingerprint density at radius 2 is 1.75 bits per heavy atom. The van der Waals surface area contributed by atoms with Crippen molar-refractivity contribution in [3.8, 4) is 0 Å². The molecule has 10 heteroatoms. The van der Waals surface area contributed by atoms with Gasteiger partial charge in [-0.2, -0.15) is 0 Å². The van der Waals surface area contributed by atoms with E-state index in [-0.39, 0.29) is 42.0 Å². The number of halogens is 2. The van der Waals surface area contributed by atoms with Gasteiger partial charge in [0.1, 0.15) is 0 Å². The van der Waals surface area contributed by atoms with Crippen molar-refractivity contribution in [3.05, 3.63) is 69.7 Å². The van der Waals surface area contributed by atoms with Gasteiger partial charge in [-0.15, -0.1) is 0 Å². The van der Waals surface area contributed by atoms with E-state index in [1.807, 2.05) is 60.4 Å². The Balaban J connectivity index is 1.65. The third-order valence-corrected chi connectivity index (χ3v) is 11.4. The Hall–Kier alpha value is -1.68. The number of amides is 1. The third kappa shape index (κ3) is 6.22. The molecule has 2 aromatic rings. The van der Waals surface area contributed by atoms with Crippen molar-refractivity contribution in [2.45, 2.75) is 81.2 Å². The minimum atomic E-state index is -3.46. The summed E-state index contributed by atoms with van der Waals surface area (Å²) in [7, 11) is -3.46. The summed E-state index contributed by atoms with van der Waals surface area (Å²) in [5.41, 5.74) is 0.931. The number of hydrogen-bond donors (Lipinski definition) is 3. The van der Waals surface area contributed by atoms with Gasteiger partial charge in [-0.3, -0.25) is 4.79 Å². The highest BCUT2D eigenvalue weighted by atomic mass is 35.5. The van der Waals surface area contributed by atoms with Crippen molar-refractivity contribution < 1.29 is 23.4 Å². The Morgan fingerprint density at radius 3 is 2.33 bits per heavy atom. The Labute approximate surface area is 246 Å². The second kappa shape index (κ2) is 11.9. The summed E-state index contributed by atoms with van der Waals surface area (Å²) in [6, 6.07) is 14.4. The zero-order valence-corrected chi connectivity index (χ0v) is 25.0. The first-order valence-electron chi connectivity index (χ1n) is 14.2. The van der Waals surface area contributed by atoms with Crippen molar-refractivity contribution >= 4 is 39.1 Å². The SMILES string of the molecule is CC[C@]1(CC(O)CO)C[C@H](c2cccc(Cl)c2)[C@@H](c2ccc(Cl)cc2)N([C@@H](CNS(=O)(=O)C2CC2)C2CC2)C1=O. The number of rotatable bonds is 12. The molecule has 0 radical (unpaired) electrons. The number of nitrogens with zero attached hydrogens (tertiary/aromatic N) is 1. The Morgan fingerprint density at radius 1 is 1.05 bits per heavy atom. The number of carbonyl (C=O) groups is 1. The number of hydrogen-bond acceptors (Lipinski definition) is 5. The minimum absolute atomic E-state index is 0.108. The van der Waals surface area contributed by atoms with E-state index in [4.69, 9.17) is 23.2 Å². The van der Waals surface area contributed by atoms with Crippen LogP contribution in [0.1, 0.15) is 75.0 Å². The van der Waals surface area contributed by atoms with Gasteiger partial charge in [0.15, 0.2) is 0 Å². The van der Waals surface area contributed by atoms with Crippen LogP contribution in [0.4, 0.5) is 0 Å². The lowest BCUT2D eigenvalue weighted by atomic mass is 9.64. The normalized spacial score (nSPS) is 27.0. The molecule has 0 spiro atoms. The molecule has 5 atom stereocenters. The summed E-state index contributed by atoms with van der Waals surface area (Å²) in [6.45, 7) is 1.65. The lowest BCUT2D eigenvalue weighted by molar-refractivity contribution is -0.160. The van der Waals surface area contributed by atoms with Gasteiger partial charge in [0.05, 0.1) is 29.4 Å². The van der Waals surface area contributed by atoms with Crippen LogP contribution in [0.25, 0.3) is 0 Å². The summed E-state index contributed by atoms with van der Waals surface area (Å²) >= 11 is 12.7. The third-order valence-electron chi connectivity index (χ3n) is 8.96. The first-order chi connectivity index (χ1) is 19.1. The summed E-state index contributed by atoms with van der Waals surface area (Å²) < 4.78 is 28.6. The fourth-order valence-electron chi connectivity index (χ4n) is 6.46. The summed E-state index contributed by atoms with van der Waals surface area (Å²) in [6.07, 6.45) is 3.13. The summed E-state index contributed by atoms with van der Waals surface area (Å²) in [4.78, 5) is 16.7. The maximum atomic E-state index is 14.8. The molecule has 218 valence electrons. The zero-order chi connectivity index (χ0) is 28.7. The number of benzene rings is 2. The predicted octanol–water partition coefficient (Wildman–Crippen LogP) is 5.05. The molecular formula is C30H38Cl2N2O5S. The van der Waals surface area contributed by atoms with Gasteiger partial charge < -0.3 is 15.1 Å². The van der Waals surface area contributed by atoms with Gasteiger partial charge in [-0.25, -0.2) is 13.1 Å². The molecule has 5 rings (SSSR count). The first kappa shape index (κ1) is 29.8. The van der Waals surface area contributed by atoms with Crippen molar-refractivity contribution in [3.63, 3.8) is 0 Å². The highest BCUT2D eigenvalue weighted by Crippen LogP contribution is 2.55. The van der Waals surface area contributed by atoms with Crippen molar-refractivity contribution in [1.82, 2.24) is 9.62 Å². The van der Waals surface area contributed by atoms with E-state index in [1.54, 1.807) is 0 Å². The van der Waals surface area contributed by atoms with Gasteiger partial charge in [-0.05, 0) is 86.3 Å². The minimum Gasteiger partial charge on any atom is -0.394 e. The van der Waals surface area contributed by atoms with Crippen LogP contribution in [0.15, 0.2) is 48.5 Å². The monoisotopic (exact) mass is 608 g/mol.